The van der Waals surface area contributed by atoms with Crippen molar-refractivity contribution in [1.82, 2.24) is 4.90 Å². The van der Waals surface area contributed by atoms with Crippen LogP contribution in [0, 0.1) is 0 Å². The Morgan fingerprint density at radius 1 is 1.09 bits per heavy atom. The smallest absolute Gasteiger partial charge is 0.253 e. The molecule has 0 radical (unpaired) electrons. The lowest BCUT2D eigenvalue weighted by molar-refractivity contribution is -0.190. The van der Waals surface area contributed by atoms with E-state index in [1.54, 1.807) is 26.0 Å². The fourth-order valence-electron chi connectivity index (χ4n) is 5.05. The summed E-state index contributed by atoms with van der Waals surface area (Å²) in [7, 11) is -3.35. The Morgan fingerprint density at radius 2 is 1.74 bits per heavy atom. The van der Waals surface area contributed by atoms with E-state index in [0.717, 1.165) is 25.7 Å². The third-order valence-electron chi connectivity index (χ3n) is 7.05. The molecule has 6 nitrogen and oxygen atoms in total. The topological polar surface area (TPSA) is 72.9 Å². The molecule has 1 spiro atoms. The number of benzene rings is 2. The Balaban J connectivity index is 1.44. The lowest BCUT2D eigenvalue weighted by atomic mass is 9.80. The van der Waals surface area contributed by atoms with Gasteiger partial charge in [-0.15, -0.1) is 0 Å². The second kappa shape index (κ2) is 10.2. The third-order valence-corrected chi connectivity index (χ3v) is 9.23. The lowest BCUT2D eigenvalue weighted by Crippen LogP contribution is -2.52. The molecule has 7 heteroatoms. The van der Waals surface area contributed by atoms with E-state index < -0.39 is 15.1 Å². The summed E-state index contributed by atoms with van der Waals surface area (Å²) in [4.78, 5) is 15.2. The predicted octanol–water partition coefficient (Wildman–Crippen LogP) is 4.80. The summed E-state index contributed by atoms with van der Waals surface area (Å²) >= 11 is 0. The van der Waals surface area contributed by atoms with Gasteiger partial charge in [0, 0.05) is 38.1 Å². The van der Waals surface area contributed by atoms with Gasteiger partial charge < -0.3 is 14.4 Å². The highest BCUT2D eigenvalue weighted by atomic mass is 32.2. The molecule has 0 N–H and O–H groups in total. The molecule has 2 aromatic rings. The van der Waals surface area contributed by atoms with E-state index in [9.17, 15) is 13.2 Å². The van der Waals surface area contributed by atoms with Gasteiger partial charge >= 0.3 is 0 Å². The average molecular weight is 486 g/mol. The Bertz CT molecular complexity index is 1070. The van der Waals surface area contributed by atoms with Gasteiger partial charge in [0.25, 0.3) is 5.91 Å². The van der Waals surface area contributed by atoms with E-state index >= 15 is 0 Å². The summed E-state index contributed by atoms with van der Waals surface area (Å²) in [6.45, 7) is 7.22. The second-order valence-electron chi connectivity index (χ2n) is 9.63. The molecule has 0 bridgehead atoms. The number of carbonyl (C=O) groups is 1. The van der Waals surface area contributed by atoms with E-state index in [-0.39, 0.29) is 28.6 Å². The first-order valence-electron chi connectivity index (χ1n) is 12.2. The van der Waals surface area contributed by atoms with Crippen LogP contribution in [0.5, 0.6) is 0 Å². The van der Waals surface area contributed by atoms with Gasteiger partial charge in [-0.3, -0.25) is 4.79 Å². The van der Waals surface area contributed by atoms with Crippen molar-refractivity contribution >= 4 is 15.7 Å². The summed E-state index contributed by atoms with van der Waals surface area (Å²) < 4.78 is 37.5. The zero-order valence-electron chi connectivity index (χ0n) is 20.3. The molecule has 2 atom stereocenters. The zero-order chi connectivity index (χ0) is 24.3. The molecule has 4 rings (SSSR count). The first kappa shape index (κ1) is 24.9. The van der Waals surface area contributed by atoms with Crippen LogP contribution in [0.3, 0.4) is 0 Å². The van der Waals surface area contributed by atoms with Crippen LogP contribution in [-0.2, 0) is 19.3 Å². The highest BCUT2D eigenvalue weighted by molar-refractivity contribution is 7.92. The molecule has 0 aromatic heterocycles. The van der Waals surface area contributed by atoms with Crippen LogP contribution >= 0.6 is 0 Å². The van der Waals surface area contributed by atoms with E-state index in [2.05, 4.69) is 12.1 Å². The van der Waals surface area contributed by atoms with E-state index in [4.69, 9.17) is 9.47 Å². The van der Waals surface area contributed by atoms with Gasteiger partial charge in [-0.2, -0.15) is 0 Å². The first-order valence-corrected chi connectivity index (χ1v) is 13.8. The number of amides is 1. The number of rotatable bonds is 6. The first-order chi connectivity index (χ1) is 16.2. The normalized spacial score (nSPS) is 22.8. The fraction of sp³-hybridized carbons (Fsp3) is 0.519. The molecule has 184 valence electrons. The van der Waals surface area contributed by atoms with Crippen LogP contribution in [-0.4, -0.2) is 55.9 Å². The standard InChI is InChI=1S/C27H35NO5S/c1-4-32-23-18-25(21-8-6-5-7-9-21)33-27(19-23)14-16-28(17-15-27)26(29)22-10-12-24(13-11-22)34(30,31)20(2)3/h5-13,20,23,25H,4,14-19H2,1-3H3/t23-,25-/m0/s1. The van der Waals surface area contributed by atoms with Crippen molar-refractivity contribution < 1.29 is 22.7 Å². The monoisotopic (exact) mass is 485 g/mol. The predicted molar refractivity (Wildman–Crippen MR) is 132 cm³/mol. The molecule has 2 saturated heterocycles. The number of hydrogen-bond donors (Lipinski definition) is 0. The number of nitrogens with zero attached hydrogens (tertiary/aromatic N) is 1. The van der Waals surface area contributed by atoms with Crippen molar-refractivity contribution in [2.75, 3.05) is 19.7 Å². The molecule has 0 unspecified atom stereocenters. The van der Waals surface area contributed by atoms with Crippen molar-refractivity contribution in [1.29, 1.82) is 0 Å². The van der Waals surface area contributed by atoms with Crippen LogP contribution in [0.25, 0.3) is 0 Å². The van der Waals surface area contributed by atoms with Crippen molar-refractivity contribution in [3.8, 4) is 0 Å². The minimum absolute atomic E-state index is 0.01000. The minimum atomic E-state index is -3.35. The maximum atomic E-state index is 13.1. The molecule has 0 saturated carbocycles. The molecule has 2 heterocycles. The van der Waals surface area contributed by atoms with Gasteiger partial charge in [0.15, 0.2) is 9.84 Å². The van der Waals surface area contributed by atoms with E-state index in [1.165, 1.54) is 17.7 Å². The summed E-state index contributed by atoms with van der Waals surface area (Å²) in [5.74, 6) is -0.0693. The van der Waals surface area contributed by atoms with Gasteiger partial charge in [-0.05, 0) is 63.4 Å². The SMILES string of the molecule is CCO[C@H]1C[C@@H](c2ccccc2)OC2(CCN(C(=O)c3ccc(S(=O)(=O)C(C)C)cc3)CC2)C1. The number of sulfone groups is 1. The summed E-state index contributed by atoms with van der Waals surface area (Å²) in [6, 6.07) is 16.6. The van der Waals surface area contributed by atoms with Crippen molar-refractivity contribution in [3.05, 3.63) is 65.7 Å². The maximum Gasteiger partial charge on any atom is 0.253 e. The summed E-state index contributed by atoms with van der Waals surface area (Å²) in [5.41, 5.74) is 1.38. The highest BCUT2D eigenvalue weighted by Crippen LogP contribution is 2.44. The van der Waals surface area contributed by atoms with Crippen LogP contribution < -0.4 is 0 Å². The van der Waals surface area contributed by atoms with Crippen molar-refractivity contribution in [2.45, 2.75) is 74.4 Å². The Hall–Kier alpha value is -2.22. The number of hydrogen-bond acceptors (Lipinski definition) is 5. The Morgan fingerprint density at radius 3 is 2.32 bits per heavy atom. The zero-order valence-corrected chi connectivity index (χ0v) is 21.1. The molecular weight excluding hydrogens is 450 g/mol. The molecule has 2 aromatic carbocycles. The molecular formula is C27H35NO5S. The summed E-state index contributed by atoms with van der Waals surface area (Å²) in [5, 5.41) is -0.497. The molecule has 2 aliphatic rings. The molecule has 2 fully saturated rings. The number of likely N-dealkylation sites (tertiary alicyclic amines) is 1. The van der Waals surface area contributed by atoms with Gasteiger partial charge in [-0.25, -0.2) is 8.42 Å². The maximum absolute atomic E-state index is 13.1. The van der Waals surface area contributed by atoms with Crippen LogP contribution in [0.1, 0.15) is 68.5 Å². The third kappa shape index (κ3) is 5.21. The van der Waals surface area contributed by atoms with Gasteiger partial charge in [0.2, 0.25) is 0 Å². The lowest BCUT2D eigenvalue weighted by Gasteiger charge is -2.48. The number of carbonyl (C=O) groups excluding carboxylic acids is 1. The van der Waals surface area contributed by atoms with Crippen LogP contribution in [0.15, 0.2) is 59.5 Å². The van der Waals surface area contributed by atoms with E-state index in [0.29, 0.717) is 25.3 Å². The van der Waals surface area contributed by atoms with Gasteiger partial charge in [0.05, 0.1) is 28.0 Å². The molecule has 1 amide bonds. The highest BCUT2D eigenvalue weighted by Gasteiger charge is 2.45. The largest absolute Gasteiger partial charge is 0.378 e. The molecule has 0 aliphatic carbocycles. The van der Waals surface area contributed by atoms with E-state index in [1.807, 2.05) is 30.0 Å². The quantitative estimate of drug-likeness (QED) is 0.588. The van der Waals surface area contributed by atoms with Crippen molar-refractivity contribution in [2.24, 2.45) is 0 Å². The second-order valence-corrected chi connectivity index (χ2v) is 12.1. The number of ether oxygens (including phenoxy) is 2. The number of piperidine rings is 1. The Labute approximate surface area is 203 Å². The van der Waals surface area contributed by atoms with Crippen LogP contribution in [0.4, 0.5) is 0 Å². The Kier molecular flexibility index (Phi) is 7.45. The van der Waals surface area contributed by atoms with Gasteiger partial charge in [0.1, 0.15) is 0 Å². The fourth-order valence-corrected chi connectivity index (χ4v) is 6.11. The molecule has 34 heavy (non-hydrogen) atoms. The van der Waals surface area contributed by atoms with Crippen LogP contribution in [0.2, 0.25) is 0 Å². The molecule has 2 aliphatic heterocycles. The van der Waals surface area contributed by atoms with Gasteiger partial charge in [-0.1, -0.05) is 30.3 Å². The van der Waals surface area contributed by atoms with Crippen molar-refractivity contribution in [3.63, 3.8) is 0 Å². The average Bonchev–Trinajstić information content (AvgIpc) is 2.84. The minimum Gasteiger partial charge on any atom is -0.378 e. The summed E-state index contributed by atoms with van der Waals surface area (Å²) in [6.07, 6.45) is 3.32.